The Kier molecular flexibility index (Phi) is 2.74. The van der Waals surface area contributed by atoms with Crippen LogP contribution in [0.2, 0.25) is 0 Å². The number of carbonyl (C=O) groups is 1. The van der Waals surface area contributed by atoms with Gasteiger partial charge >= 0.3 is 0 Å². The number of aliphatic hydroxyl groups excluding tert-OH is 1. The van der Waals surface area contributed by atoms with Crippen LogP contribution >= 0.6 is 11.3 Å². The van der Waals surface area contributed by atoms with E-state index < -0.39 is 12.0 Å². The first-order valence-corrected chi connectivity index (χ1v) is 4.07. The highest BCUT2D eigenvalue weighted by Gasteiger charge is 2.17. The third-order valence-corrected chi connectivity index (χ3v) is 2.26. The van der Waals surface area contributed by atoms with E-state index in [1.165, 1.54) is 17.5 Å². The Morgan fingerprint density at radius 1 is 1.92 bits per heavy atom. The second-order valence-electron chi connectivity index (χ2n) is 2.19. The molecule has 0 aliphatic rings. The van der Waals surface area contributed by atoms with E-state index in [1.54, 1.807) is 6.92 Å². The molecule has 66 valence electrons. The fourth-order valence-corrected chi connectivity index (χ4v) is 1.48. The summed E-state index contributed by atoms with van der Waals surface area (Å²) in [5.74, 6) is 4.22. The molecule has 1 unspecified atom stereocenters. The van der Waals surface area contributed by atoms with Crippen molar-refractivity contribution in [3.05, 3.63) is 16.1 Å². The van der Waals surface area contributed by atoms with E-state index in [0.29, 0.717) is 4.88 Å². The van der Waals surface area contributed by atoms with Gasteiger partial charge in [0.1, 0.15) is 0 Å². The molecule has 0 radical (unpaired) electrons. The molecule has 12 heavy (non-hydrogen) atoms. The van der Waals surface area contributed by atoms with Gasteiger partial charge in [-0.3, -0.25) is 10.2 Å². The number of carbonyl (C=O) groups excluding carboxylic acids is 1. The highest BCUT2D eigenvalue weighted by Crippen LogP contribution is 2.19. The highest BCUT2D eigenvalue weighted by atomic mass is 32.1. The lowest BCUT2D eigenvalue weighted by molar-refractivity contribution is -0.129. The zero-order chi connectivity index (χ0) is 9.14. The van der Waals surface area contributed by atoms with Gasteiger partial charge in [0.15, 0.2) is 6.10 Å². The molecule has 0 bridgehead atoms. The van der Waals surface area contributed by atoms with Gasteiger partial charge in [-0.25, -0.2) is 10.8 Å². The highest BCUT2D eigenvalue weighted by molar-refractivity contribution is 7.11. The maximum absolute atomic E-state index is 10.8. The number of hydrogen-bond donors (Lipinski definition) is 3. The maximum Gasteiger partial charge on any atom is 0.268 e. The molecule has 5 nitrogen and oxygen atoms in total. The summed E-state index contributed by atoms with van der Waals surface area (Å²) >= 11 is 1.26. The Morgan fingerprint density at radius 2 is 2.58 bits per heavy atom. The largest absolute Gasteiger partial charge is 0.378 e. The lowest BCUT2D eigenvalue weighted by Crippen LogP contribution is -2.34. The van der Waals surface area contributed by atoms with Crippen LogP contribution < -0.4 is 11.3 Å². The van der Waals surface area contributed by atoms with Crippen molar-refractivity contribution in [1.29, 1.82) is 0 Å². The van der Waals surface area contributed by atoms with E-state index in [9.17, 15) is 9.90 Å². The molecule has 1 amide bonds. The Hall–Kier alpha value is -0.980. The lowest BCUT2D eigenvalue weighted by atomic mass is 10.3. The summed E-state index contributed by atoms with van der Waals surface area (Å²) in [6, 6.07) is 0. The minimum absolute atomic E-state index is 0.496. The summed E-state index contributed by atoms with van der Waals surface area (Å²) in [5, 5.41) is 10.1. The van der Waals surface area contributed by atoms with Crippen LogP contribution in [0.4, 0.5) is 0 Å². The Morgan fingerprint density at radius 3 is 3.00 bits per heavy atom. The summed E-state index contributed by atoms with van der Waals surface area (Å²) in [4.78, 5) is 15.2. The van der Waals surface area contributed by atoms with Gasteiger partial charge in [-0.2, -0.15) is 0 Å². The van der Waals surface area contributed by atoms with Crippen molar-refractivity contribution in [2.45, 2.75) is 13.0 Å². The minimum atomic E-state index is -1.21. The molecule has 0 fully saturated rings. The summed E-state index contributed by atoms with van der Waals surface area (Å²) in [5.41, 5.74) is 1.86. The molecule has 4 N–H and O–H groups in total. The maximum atomic E-state index is 10.8. The van der Waals surface area contributed by atoms with Crippen molar-refractivity contribution in [3.8, 4) is 0 Å². The van der Waals surface area contributed by atoms with E-state index >= 15 is 0 Å². The van der Waals surface area contributed by atoms with Crippen LogP contribution in [0.25, 0.3) is 0 Å². The molecule has 0 aliphatic heterocycles. The van der Waals surface area contributed by atoms with E-state index in [1.807, 2.05) is 5.43 Å². The van der Waals surface area contributed by atoms with Crippen LogP contribution in [-0.4, -0.2) is 16.0 Å². The number of nitrogens with zero attached hydrogens (tertiary/aromatic N) is 1. The fourth-order valence-electron chi connectivity index (χ4n) is 0.712. The minimum Gasteiger partial charge on any atom is -0.378 e. The van der Waals surface area contributed by atoms with Crippen LogP contribution in [0.1, 0.15) is 16.0 Å². The zero-order valence-electron chi connectivity index (χ0n) is 6.44. The van der Waals surface area contributed by atoms with Gasteiger partial charge in [-0.15, -0.1) is 11.3 Å². The molecule has 0 saturated heterocycles. The SMILES string of the molecule is Cc1ncc(C(O)C(=O)NN)s1. The van der Waals surface area contributed by atoms with Crippen molar-refractivity contribution >= 4 is 17.2 Å². The molecule has 0 saturated carbocycles. The average molecular weight is 187 g/mol. The molecule has 1 rings (SSSR count). The number of thiazole rings is 1. The third-order valence-electron chi connectivity index (χ3n) is 1.30. The number of rotatable bonds is 2. The van der Waals surface area contributed by atoms with Gasteiger partial charge in [-0.05, 0) is 6.92 Å². The number of aliphatic hydroxyl groups is 1. The molecule has 1 aromatic rings. The Balaban J connectivity index is 2.77. The van der Waals surface area contributed by atoms with E-state index in [-0.39, 0.29) is 0 Å². The second kappa shape index (κ2) is 3.61. The molecule has 1 heterocycles. The van der Waals surface area contributed by atoms with Crippen molar-refractivity contribution in [1.82, 2.24) is 10.4 Å². The molecule has 0 spiro atoms. The predicted molar refractivity (Wildman–Crippen MR) is 44.1 cm³/mol. The lowest BCUT2D eigenvalue weighted by Gasteiger charge is -2.04. The van der Waals surface area contributed by atoms with Crippen LogP contribution in [0.15, 0.2) is 6.20 Å². The number of nitrogens with one attached hydrogen (secondary N) is 1. The van der Waals surface area contributed by atoms with Crippen molar-refractivity contribution in [2.24, 2.45) is 5.84 Å². The number of aryl methyl sites for hydroxylation is 1. The Bertz CT molecular complexity index is 286. The van der Waals surface area contributed by atoms with Crippen LogP contribution in [0, 0.1) is 6.92 Å². The monoisotopic (exact) mass is 187 g/mol. The zero-order valence-corrected chi connectivity index (χ0v) is 7.26. The van der Waals surface area contributed by atoms with Gasteiger partial charge in [-0.1, -0.05) is 0 Å². The first kappa shape index (κ1) is 9.11. The number of amides is 1. The molecule has 0 aromatic carbocycles. The summed E-state index contributed by atoms with van der Waals surface area (Å²) < 4.78 is 0. The topological polar surface area (TPSA) is 88.2 Å². The van der Waals surface area contributed by atoms with Crippen LogP contribution in [-0.2, 0) is 4.79 Å². The third kappa shape index (κ3) is 1.79. The van der Waals surface area contributed by atoms with Crippen LogP contribution in [0.3, 0.4) is 0 Å². The predicted octanol–water partition coefficient (Wildman–Crippen LogP) is -0.525. The standard InChI is InChI=1S/C6H9N3O2S/c1-3-8-2-4(12-3)5(10)6(11)9-7/h2,5,10H,7H2,1H3,(H,9,11). The second-order valence-corrected chi connectivity index (χ2v) is 3.46. The quantitative estimate of drug-likeness (QED) is 0.330. The van der Waals surface area contributed by atoms with Crippen LogP contribution in [0.5, 0.6) is 0 Å². The molecular formula is C6H9N3O2S. The summed E-state index contributed by atoms with van der Waals surface area (Å²) in [6.45, 7) is 1.79. The molecule has 6 heteroatoms. The first-order valence-electron chi connectivity index (χ1n) is 3.26. The van der Waals surface area contributed by atoms with Gasteiger partial charge in [0, 0.05) is 6.20 Å². The van der Waals surface area contributed by atoms with Gasteiger partial charge in [0.05, 0.1) is 9.88 Å². The smallest absolute Gasteiger partial charge is 0.268 e. The van der Waals surface area contributed by atoms with E-state index in [4.69, 9.17) is 5.84 Å². The number of nitrogens with two attached hydrogens (primary N) is 1. The van der Waals surface area contributed by atoms with Gasteiger partial charge in [0.2, 0.25) is 0 Å². The normalized spacial score (nSPS) is 12.6. The average Bonchev–Trinajstić information content (AvgIpc) is 2.49. The number of hydrazine groups is 1. The van der Waals surface area contributed by atoms with Crippen molar-refractivity contribution in [2.75, 3.05) is 0 Å². The number of aromatic nitrogens is 1. The van der Waals surface area contributed by atoms with E-state index in [0.717, 1.165) is 5.01 Å². The van der Waals surface area contributed by atoms with Gasteiger partial charge in [0.25, 0.3) is 5.91 Å². The summed E-state index contributed by atoms with van der Waals surface area (Å²) in [7, 11) is 0. The molecule has 0 aliphatic carbocycles. The summed E-state index contributed by atoms with van der Waals surface area (Å²) in [6.07, 6.45) is 0.251. The first-order chi connectivity index (χ1) is 5.65. The fraction of sp³-hybridized carbons (Fsp3) is 0.333. The van der Waals surface area contributed by atoms with Crippen molar-refractivity contribution < 1.29 is 9.90 Å². The number of hydrogen-bond acceptors (Lipinski definition) is 5. The van der Waals surface area contributed by atoms with Gasteiger partial charge < -0.3 is 5.11 Å². The van der Waals surface area contributed by atoms with Crippen molar-refractivity contribution in [3.63, 3.8) is 0 Å². The molecular weight excluding hydrogens is 178 g/mol. The molecule has 1 atom stereocenters. The Labute approximate surface area is 73.2 Å². The van der Waals surface area contributed by atoms with E-state index in [2.05, 4.69) is 4.98 Å². The molecule has 1 aromatic heterocycles.